The molecular weight excluding hydrogens is 266 g/mol. The summed E-state index contributed by atoms with van der Waals surface area (Å²) in [6, 6.07) is 1.86. The molecule has 0 aliphatic rings. The highest BCUT2D eigenvalue weighted by atomic mass is 19.4. The second kappa shape index (κ2) is 5.12. The molecule has 0 N–H and O–H groups in total. The molecule has 0 saturated carbocycles. The van der Waals surface area contributed by atoms with Gasteiger partial charge in [-0.2, -0.15) is 9.65 Å². The van der Waals surface area contributed by atoms with E-state index < -0.39 is 42.2 Å². The number of rotatable bonds is 3. The number of ether oxygens (including phenoxy) is 1. The summed E-state index contributed by atoms with van der Waals surface area (Å²) in [4.78, 5) is 2.65. The lowest BCUT2D eigenvalue weighted by molar-refractivity contribution is -0.275. The lowest BCUT2D eigenvalue weighted by atomic mass is 10.1. The number of alkyl halides is 5. The summed E-state index contributed by atoms with van der Waals surface area (Å²) in [7, 11) is 0. The Morgan fingerprint density at radius 1 is 1.39 bits per heavy atom. The summed E-state index contributed by atoms with van der Waals surface area (Å²) in [6.07, 6.45) is -9.42. The van der Waals surface area contributed by atoms with Crippen LogP contribution in [0.1, 0.15) is 17.7 Å². The molecule has 0 bridgehead atoms. The molecule has 1 aromatic rings. The summed E-state index contributed by atoms with van der Waals surface area (Å²) in [5, 5.41) is 8.35. The first kappa shape index (κ1) is 14.1. The van der Waals surface area contributed by atoms with Gasteiger partial charge in [0.15, 0.2) is 11.4 Å². The van der Waals surface area contributed by atoms with Crippen molar-refractivity contribution >= 4 is 0 Å². The van der Waals surface area contributed by atoms with Crippen molar-refractivity contribution in [1.82, 2.24) is 4.98 Å². The monoisotopic (exact) mass is 270 g/mol. The van der Waals surface area contributed by atoms with E-state index in [1.165, 1.54) is 6.07 Å². The van der Waals surface area contributed by atoms with Crippen LogP contribution in [0.4, 0.5) is 26.3 Å². The van der Waals surface area contributed by atoms with Crippen molar-refractivity contribution in [1.29, 1.82) is 5.26 Å². The van der Waals surface area contributed by atoms with Gasteiger partial charge < -0.3 is 4.74 Å². The van der Waals surface area contributed by atoms with Gasteiger partial charge in [0.1, 0.15) is 0 Å². The maximum absolute atomic E-state index is 12.8. The number of nitriles is 1. The molecule has 1 rings (SSSR count). The molecule has 9 heteroatoms. The van der Waals surface area contributed by atoms with Crippen LogP contribution in [0.5, 0.6) is 5.75 Å². The number of aromatic nitrogens is 1. The molecule has 0 fully saturated rings. The summed E-state index contributed by atoms with van der Waals surface area (Å²) in [6.45, 7) is 0. The minimum atomic E-state index is -5.24. The highest BCUT2D eigenvalue weighted by Gasteiger charge is 2.35. The van der Waals surface area contributed by atoms with Gasteiger partial charge in [0.05, 0.1) is 12.5 Å². The maximum Gasteiger partial charge on any atom is 0.573 e. The zero-order valence-electron chi connectivity index (χ0n) is 8.43. The van der Waals surface area contributed by atoms with E-state index in [0.29, 0.717) is 6.07 Å². The van der Waals surface area contributed by atoms with Gasteiger partial charge in [-0.25, -0.2) is 13.8 Å². The van der Waals surface area contributed by atoms with Crippen LogP contribution < -0.4 is 4.74 Å². The lowest BCUT2D eigenvalue weighted by Gasteiger charge is -2.15. The molecule has 1 heterocycles. The lowest BCUT2D eigenvalue weighted by Crippen LogP contribution is -2.20. The van der Waals surface area contributed by atoms with Crippen LogP contribution in [0.3, 0.4) is 0 Å². The third-order valence-electron chi connectivity index (χ3n) is 1.74. The molecular formula is C9H4F6N2O. The van der Waals surface area contributed by atoms with Gasteiger partial charge in [-0.1, -0.05) is 0 Å². The van der Waals surface area contributed by atoms with Crippen LogP contribution in [0.2, 0.25) is 0 Å². The van der Waals surface area contributed by atoms with Crippen molar-refractivity contribution in [3.05, 3.63) is 23.3 Å². The Labute approximate surface area is 96.6 Å². The Morgan fingerprint density at radius 3 is 2.44 bits per heavy atom. The Hall–Kier alpha value is -1.98. The van der Waals surface area contributed by atoms with E-state index in [2.05, 4.69) is 9.72 Å². The molecule has 0 aliphatic heterocycles. The molecule has 0 spiro atoms. The number of nitrogens with zero attached hydrogens (tertiary/aromatic N) is 2. The fourth-order valence-electron chi connectivity index (χ4n) is 1.17. The first-order valence-corrected chi connectivity index (χ1v) is 4.34. The van der Waals surface area contributed by atoms with Crippen LogP contribution in [-0.2, 0) is 6.42 Å². The highest BCUT2D eigenvalue weighted by Crippen LogP contribution is 2.35. The van der Waals surface area contributed by atoms with Crippen LogP contribution in [0, 0.1) is 17.3 Å². The third-order valence-corrected chi connectivity index (χ3v) is 1.74. The van der Waals surface area contributed by atoms with Gasteiger partial charge in [0.2, 0.25) is 5.95 Å². The summed E-state index contributed by atoms with van der Waals surface area (Å²) in [5.74, 6) is -2.74. The van der Waals surface area contributed by atoms with Crippen molar-refractivity contribution in [3.63, 3.8) is 0 Å². The van der Waals surface area contributed by atoms with Crippen LogP contribution in [0.25, 0.3) is 0 Å². The normalized spacial score (nSPS) is 11.4. The van der Waals surface area contributed by atoms with Gasteiger partial charge in [0, 0.05) is 11.6 Å². The number of pyridine rings is 1. The molecule has 0 radical (unpaired) electrons. The Balaban J connectivity index is 3.37. The van der Waals surface area contributed by atoms with Crippen molar-refractivity contribution < 1.29 is 31.1 Å². The van der Waals surface area contributed by atoms with E-state index in [9.17, 15) is 26.3 Å². The number of halogens is 6. The van der Waals surface area contributed by atoms with E-state index in [1.54, 1.807) is 0 Å². The second-order valence-electron chi connectivity index (χ2n) is 3.00. The standard InChI is InChI=1S/C9H4F6N2O/c10-5-3-4(1-2-16)7(18-9(13,14)15)6(17-5)8(11)12/h3,8H,1H2. The van der Waals surface area contributed by atoms with E-state index in [1.807, 2.05) is 0 Å². The Bertz CT molecular complexity index is 479. The van der Waals surface area contributed by atoms with E-state index in [4.69, 9.17) is 5.26 Å². The molecule has 1 aromatic heterocycles. The molecule has 18 heavy (non-hydrogen) atoms. The zero-order chi connectivity index (χ0) is 13.9. The zero-order valence-corrected chi connectivity index (χ0v) is 8.43. The van der Waals surface area contributed by atoms with Crippen molar-refractivity contribution in [3.8, 4) is 11.8 Å². The predicted octanol–water partition coefficient (Wildman–Crippen LogP) is 3.12. The molecule has 3 nitrogen and oxygen atoms in total. The molecule has 0 atom stereocenters. The molecule has 0 amide bonds. The second-order valence-corrected chi connectivity index (χ2v) is 3.00. The predicted molar refractivity (Wildman–Crippen MR) is 45.2 cm³/mol. The summed E-state index contributed by atoms with van der Waals surface area (Å²) in [5.41, 5.74) is -2.13. The minimum Gasteiger partial charge on any atom is -0.403 e. The van der Waals surface area contributed by atoms with Crippen LogP contribution in [-0.4, -0.2) is 11.3 Å². The SMILES string of the molecule is N#CCc1cc(F)nc(C(F)F)c1OC(F)(F)F. The largest absolute Gasteiger partial charge is 0.573 e. The van der Waals surface area contributed by atoms with Crippen molar-refractivity contribution in [2.24, 2.45) is 0 Å². The van der Waals surface area contributed by atoms with Crippen molar-refractivity contribution in [2.45, 2.75) is 19.2 Å². The molecule has 98 valence electrons. The fraction of sp³-hybridized carbons (Fsp3) is 0.333. The first-order chi connectivity index (χ1) is 8.24. The maximum atomic E-state index is 12.8. The summed E-state index contributed by atoms with van der Waals surface area (Å²) >= 11 is 0. The third kappa shape index (κ3) is 3.51. The van der Waals surface area contributed by atoms with E-state index in [0.717, 1.165) is 0 Å². The number of hydrogen-bond donors (Lipinski definition) is 0. The van der Waals surface area contributed by atoms with Crippen LogP contribution in [0.15, 0.2) is 6.07 Å². The molecule has 0 saturated heterocycles. The Kier molecular flexibility index (Phi) is 4.00. The van der Waals surface area contributed by atoms with E-state index >= 15 is 0 Å². The van der Waals surface area contributed by atoms with Crippen molar-refractivity contribution in [2.75, 3.05) is 0 Å². The fourth-order valence-corrected chi connectivity index (χ4v) is 1.17. The van der Waals surface area contributed by atoms with Gasteiger partial charge >= 0.3 is 6.36 Å². The average Bonchev–Trinajstić information content (AvgIpc) is 2.19. The quantitative estimate of drug-likeness (QED) is 0.626. The number of hydrogen-bond acceptors (Lipinski definition) is 3. The Morgan fingerprint density at radius 2 is 2.00 bits per heavy atom. The topological polar surface area (TPSA) is 45.9 Å². The average molecular weight is 270 g/mol. The molecule has 0 unspecified atom stereocenters. The smallest absolute Gasteiger partial charge is 0.403 e. The van der Waals surface area contributed by atoms with Crippen LogP contribution >= 0.6 is 0 Å². The molecule has 0 aromatic carbocycles. The van der Waals surface area contributed by atoms with E-state index in [-0.39, 0.29) is 0 Å². The summed E-state index contributed by atoms with van der Waals surface area (Å²) < 4.78 is 77.2. The molecule has 0 aliphatic carbocycles. The van der Waals surface area contributed by atoms with Gasteiger partial charge in [-0.3, -0.25) is 0 Å². The van der Waals surface area contributed by atoms with Gasteiger partial charge in [-0.05, 0) is 0 Å². The first-order valence-electron chi connectivity index (χ1n) is 4.34. The van der Waals surface area contributed by atoms with Gasteiger partial charge in [0.25, 0.3) is 6.43 Å². The van der Waals surface area contributed by atoms with Gasteiger partial charge in [-0.15, -0.1) is 13.2 Å². The minimum absolute atomic E-state index is 0.441. The highest BCUT2D eigenvalue weighted by molar-refractivity contribution is 5.39.